The smallest absolute Gasteiger partial charge is 0.315 e. The Labute approximate surface area is 164 Å². The summed E-state index contributed by atoms with van der Waals surface area (Å²) in [5.74, 6) is -6.20. The number of thiophene rings is 1. The van der Waals surface area contributed by atoms with Gasteiger partial charge in [-0.2, -0.15) is 13.9 Å². The van der Waals surface area contributed by atoms with Gasteiger partial charge in [0.25, 0.3) is 5.91 Å². The van der Waals surface area contributed by atoms with E-state index in [0.29, 0.717) is 20.9 Å². The zero-order valence-corrected chi connectivity index (χ0v) is 16.0. The molecule has 7 nitrogen and oxygen atoms in total. The molecule has 1 fully saturated rings. The minimum Gasteiger partial charge on any atom is -0.315 e. The maximum atomic E-state index is 14.2. The van der Waals surface area contributed by atoms with Crippen LogP contribution in [0.5, 0.6) is 0 Å². The first-order chi connectivity index (χ1) is 12.9. The molecule has 0 aromatic carbocycles. The molecule has 2 aromatic rings. The molecule has 1 atom stereocenters. The van der Waals surface area contributed by atoms with E-state index in [1.165, 1.54) is 23.7 Å². The van der Waals surface area contributed by atoms with E-state index in [9.17, 15) is 18.4 Å². The van der Waals surface area contributed by atoms with E-state index in [1.807, 2.05) is 0 Å². The third-order valence-electron chi connectivity index (χ3n) is 4.36. The number of likely N-dealkylation sites (tertiary alicyclic amines) is 1. The molecular weight excluding hydrogens is 444 g/mol. The average Bonchev–Trinajstić information content (AvgIpc) is 3.32. The second kappa shape index (κ2) is 6.64. The predicted molar refractivity (Wildman–Crippen MR) is 98.0 cm³/mol. The van der Waals surface area contributed by atoms with Crippen molar-refractivity contribution in [1.29, 1.82) is 0 Å². The quantitative estimate of drug-likeness (QED) is 0.740. The predicted octanol–water partition coefficient (Wildman–Crippen LogP) is 3.17. The lowest BCUT2D eigenvalue weighted by atomic mass is 9.94. The number of fused-ring (bicyclic) bond motifs is 1. The highest BCUT2D eigenvalue weighted by Crippen LogP contribution is 2.45. The van der Waals surface area contributed by atoms with Crippen molar-refractivity contribution in [2.45, 2.75) is 12.3 Å². The van der Waals surface area contributed by atoms with Crippen LogP contribution >= 0.6 is 27.3 Å². The first-order valence-corrected chi connectivity index (χ1v) is 9.56. The van der Waals surface area contributed by atoms with Crippen LogP contribution in [0.15, 0.2) is 40.1 Å². The molecule has 1 saturated heterocycles. The largest absolute Gasteiger partial charge is 0.333 e. The molecule has 1 aliphatic carbocycles. The van der Waals surface area contributed by atoms with E-state index in [1.54, 1.807) is 17.5 Å². The molecule has 1 aliphatic heterocycles. The van der Waals surface area contributed by atoms with Crippen molar-refractivity contribution in [2.75, 3.05) is 11.9 Å². The Kier molecular flexibility index (Phi) is 4.42. The lowest BCUT2D eigenvalue weighted by Gasteiger charge is -2.20. The van der Waals surface area contributed by atoms with Crippen LogP contribution in [-0.4, -0.2) is 44.4 Å². The van der Waals surface area contributed by atoms with Crippen molar-refractivity contribution in [3.05, 3.63) is 40.1 Å². The van der Waals surface area contributed by atoms with Crippen molar-refractivity contribution in [3.8, 4) is 11.4 Å². The third kappa shape index (κ3) is 3.00. The van der Waals surface area contributed by atoms with Gasteiger partial charge in [0.15, 0.2) is 5.82 Å². The molecule has 2 aromatic heterocycles. The monoisotopic (exact) mass is 455 g/mol. The number of aromatic nitrogens is 3. The highest BCUT2D eigenvalue weighted by molar-refractivity contribution is 9.10. The Hall–Kier alpha value is -2.40. The van der Waals surface area contributed by atoms with Gasteiger partial charge in [0, 0.05) is 15.5 Å². The molecule has 27 heavy (non-hydrogen) atoms. The van der Waals surface area contributed by atoms with Crippen LogP contribution in [-0.2, 0) is 9.59 Å². The Morgan fingerprint density at radius 1 is 1.52 bits per heavy atom. The number of nitrogens with zero attached hydrogens (tertiary/aromatic N) is 3. The van der Waals surface area contributed by atoms with Crippen LogP contribution in [0.1, 0.15) is 6.42 Å². The Morgan fingerprint density at radius 3 is 3.07 bits per heavy atom. The highest BCUT2D eigenvalue weighted by atomic mass is 79.9. The second-order valence-corrected chi connectivity index (χ2v) is 7.73. The fraction of sp³-hybridized carbons (Fsp3) is 0.250. The lowest BCUT2D eigenvalue weighted by molar-refractivity contribution is -0.151. The molecule has 0 spiro atoms. The van der Waals surface area contributed by atoms with Crippen LogP contribution in [0.25, 0.3) is 11.4 Å². The number of carbonyl (C=O) groups excluding carboxylic acids is 2. The molecule has 4 rings (SSSR count). The second-order valence-electron chi connectivity index (χ2n) is 5.99. The van der Waals surface area contributed by atoms with E-state index in [4.69, 9.17) is 0 Å². The summed E-state index contributed by atoms with van der Waals surface area (Å²) in [4.78, 5) is 29.5. The number of amides is 2. The maximum absolute atomic E-state index is 14.2. The van der Waals surface area contributed by atoms with Crippen LogP contribution in [0, 0.1) is 5.92 Å². The number of anilines is 1. The molecule has 2 amide bonds. The number of H-pyrrole nitrogens is 1. The lowest BCUT2D eigenvalue weighted by Crippen LogP contribution is -2.38. The van der Waals surface area contributed by atoms with Gasteiger partial charge in [-0.25, -0.2) is 4.98 Å². The number of rotatable bonds is 4. The Balaban J connectivity index is 1.55. The first kappa shape index (κ1) is 18.0. The number of halogens is 3. The Bertz CT molecular complexity index is 970. The first-order valence-electron chi connectivity index (χ1n) is 7.88. The normalized spacial score (nSPS) is 20.6. The van der Waals surface area contributed by atoms with Crippen molar-refractivity contribution in [1.82, 2.24) is 20.1 Å². The molecule has 2 N–H and O–H groups in total. The average molecular weight is 456 g/mol. The Morgan fingerprint density at radius 2 is 2.33 bits per heavy atom. The number of carbonyl (C=O) groups is 2. The molecule has 2 aliphatic rings. The topological polar surface area (TPSA) is 91.0 Å². The fourth-order valence-corrected chi connectivity index (χ4v) is 4.76. The fourth-order valence-electron chi connectivity index (χ4n) is 3.12. The molecule has 140 valence electrons. The minimum absolute atomic E-state index is 0.0657. The zero-order chi connectivity index (χ0) is 19.2. The van der Waals surface area contributed by atoms with Crippen molar-refractivity contribution in [3.63, 3.8) is 0 Å². The molecule has 0 radical (unpaired) electrons. The zero-order valence-electron chi connectivity index (χ0n) is 13.6. The summed E-state index contributed by atoms with van der Waals surface area (Å²) in [6.45, 7) is -0.490. The van der Waals surface area contributed by atoms with E-state index in [2.05, 4.69) is 36.4 Å². The number of hydrogen-bond donors (Lipinski definition) is 2. The number of alkyl halides is 2. The van der Waals surface area contributed by atoms with Gasteiger partial charge in [-0.05, 0) is 28.4 Å². The molecule has 3 heterocycles. The van der Waals surface area contributed by atoms with Crippen LogP contribution < -0.4 is 5.32 Å². The van der Waals surface area contributed by atoms with Gasteiger partial charge < -0.3 is 10.2 Å². The van der Waals surface area contributed by atoms with Gasteiger partial charge in [0.05, 0.1) is 11.5 Å². The third-order valence-corrected chi connectivity index (χ3v) is 6.19. The van der Waals surface area contributed by atoms with Gasteiger partial charge in [-0.15, -0.1) is 11.3 Å². The summed E-state index contributed by atoms with van der Waals surface area (Å²) in [5.41, 5.74) is 0.770. The summed E-state index contributed by atoms with van der Waals surface area (Å²) in [7, 11) is 0. The summed E-state index contributed by atoms with van der Waals surface area (Å²) in [5, 5.41) is 11.4. The van der Waals surface area contributed by atoms with Crippen molar-refractivity contribution in [2.24, 2.45) is 5.92 Å². The van der Waals surface area contributed by atoms with E-state index >= 15 is 0 Å². The molecule has 0 bridgehead atoms. The van der Waals surface area contributed by atoms with Crippen molar-refractivity contribution >= 4 is 44.1 Å². The summed E-state index contributed by atoms with van der Waals surface area (Å²) < 4.78 is 29.2. The standard InChI is InChI=1S/C16H12BrF2N5O2S/c17-9-6-27-14(12(9)13-20-7-21-23-13)22-11(25)5-24-10-4-2-1-3-8(10)16(18,19)15(24)26/h1-2,4,6-8H,3,5H2,(H,22,25)(H,20,21,23). The number of allylic oxidation sites excluding steroid dienone is 4. The van der Waals surface area contributed by atoms with Gasteiger partial charge >= 0.3 is 5.92 Å². The SMILES string of the molecule is O=C(CN1C(=O)C(F)(F)C2CC=CC=C21)Nc1scc(Br)c1-c1ncn[nH]1. The molecule has 1 unspecified atom stereocenters. The molecule has 11 heteroatoms. The number of hydrogen-bond acceptors (Lipinski definition) is 5. The van der Waals surface area contributed by atoms with Gasteiger partial charge in [-0.1, -0.05) is 12.2 Å². The summed E-state index contributed by atoms with van der Waals surface area (Å²) >= 11 is 4.62. The molecule has 0 saturated carbocycles. The van der Waals surface area contributed by atoms with E-state index in [-0.39, 0.29) is 12.1 Å². The van der Waals surface area contributed by atoms with Crippen LogP contribution in [0.2, 0.25) is 0 Å². The number of nitrogens with one attached hydrogen (secondary N) is 2. The van der Waals surface area contributed by atoms with Gasteiger partial charge in [0.1, 0.15) is 17.9 Å². The van der Waals surface area contributed by atoms with E-state index in [0.717, 1.165) is 4.90 Å². The van der Waals surface area contributed by atoms with Crippen molar-refractivity contribution < 1.29 is 18.4 Å². The minimum atomic E-state index is -3.51. The van der Waals surface area contributed by atoms with Crippen LogP contribution in [0.4, 0.5) is 13.8 Å². The maximum Gasteiger partial charge on any atom is 0.333 e. The highest BCUT2D eigenvalue weighted by Gasteiger charge is 2.59. The summed E-state index contributed by atoms with van der Waals surface area (Å²) in [6, 6.07) is 0. The summed E-state index contributed by atoms with van der Waals surface area (Å²) in [6.07, 6.45) is 6.06. The van der Waals surface area contributed by atoms with Crippen LogP contribution in [0.3, 0.4) is 0 Å². The molecular formula is C16H12BrF2N5O2S. The van der Waals surface area contributed by atoms with E-state index < -0.39 is 30.2 Å². The van der Waals surface area contributed by atoms with Gasteiger partial charge in [0.2, 0.25) is 5.91 Å². The number of aromatic amines is 1. The van der Waals surface area contributed by atoms with Gasteiger partial charge in [-0.3, -0.25) is 14.7 Å².